The van der Waals surface area contributed by atoms with E-state index in [2.05, 4.69) is 0 Å². The third-order valence-corrected chi connectivity index (χ3v) is 8.95. The first-order valence-corrected chi connectivity index (χ1v) is 13.5. The van der Waals surface area contributed by atoms with Gasteiger partial charge in [0.15, 0.2) is 20.5 Å². The van der Waals surface area contributed by atoms with E-state index in [0.717, 1.165) is 19.6 Å². The van der Waals surface area contributed by atoms with Gasteiger partial charge >= 0.3 is 0 Å². The Bertz CT molecular complexity index is 1470. The van der Waals surface area contributed by atoms with Crippen LogP contribution in [0.15, 0.2) is 146 Å². The molecule has 0 amide bonds. The molecule has 5 aromatic rings. The summed E-state index contributed by atoms with van der Waals surface area (Å²) < 4.78 is 14.9. The fourth-order valence-electron chi connectivity index (χ4n) is 3.82. The zero-order valence-electron chi connectivity index (χ0n) is 19.5. The lowest BCUT2D eigenvalue weighted by Gasteiger charge is -2.10. The first-order valence-electron chi connectivity index (χ1n) is 11.5. The number of carbonyl (C=O) groups excluding carboxylic acids is 1. The molecule has 0 unspecified atom stereocenters. The Morgan fingerprint density at radius 1 is 0.622 bits per heavy atom. The van der Waals surface area contributed by atoms with Gasteiger partial charge in [-0.05, 0) is 91.0 Å². The molecule has 0 aromatic heterocycles. The number of benzene rings is 5. The molecule has 0 heterocycles. The molecule has 0 fully saturated rings. The maximum absolute atomic E-state index is 14.9. The lowest BCUT2D eigenvalue weighted by atomic mass is 10.0. The van der Waals surface area contributed by atoms with E-state index in [0.29, 0.717) is 16.0 Å². The van der Waals surface area contributed by atoms with E-state index in [1.165, 1.54) is 17.8 Å². The lowest BCUT2D eigenvalue weighted by molar-refractivity contribution is 0.103. The molecule has 0 saturated carbocycles. The van der Waals surface area contributed by atoms with Crippen LogP contribution < -0.4 is 0 Å². The molecular formula is C31H22FO3S2+. The number of hydrogen-bond acceptors (Lipinski definition) is 4. The van der Waals surface area contributed by atoms with Crippen LogP contribution in [0.2, 0.25) is 0 Å². The second-order valence-electron chi connectivity index (χ2n) is 8.21. The summed E-state index contributed by atoms with van der Waals surface area (Å²) in [5, 5.41) is 19.5. The Morgan fingerprint density at radius 2 is 1.14 bits per heavy atom. The summed E-state index contributed by atoms with van der Waals surface area (Å²) in [4.78, 5) is 17.0. The highest BCUT2D eigenvalue weighted by molar-refractivity contribution is 7.99. The highest BCUT2D eigenvalue weighted by Gasteiger charge is 2.28. The van der Waals surface area contributed by atoms with Crippen LogP contribution in [-0.2, 0) is 10.9 Å². The number of carbonyl (C=O) groups is 1. The average molecular weight is 526 g/mol. The maximum atomic E-state index is 14.9. The van der Waals surface area contributed by atoms with Gasteiger partial charge in [0.05, 0.1) is 10.9 Å². The molecule has 182 valence electrons. The number of aromatic hydroxyl groups is 2. The number of rotatable bonds is 7. The number of phenols is 2. The van der Waals surface area contributed by atoms with E-state index in [9.17, 15) is 19.4 Å². The number of phenolic OH excluding ortho intramolecular Hbond substituents is 2. The van der Waals surface area contributed by atoms with E-state index in [-0.39, 0.29) is 17.3 Å². The Hall–Kier alpha value is -4.00. The predicted octanol–water partition coefficient (Wildman–Crippen LogP) is 7.71. The smallest absolute Gasteiger partial charge is 0.193 e. The van der Waals surface area contributed by atoms with Gasteiger partial charge < -0.3 is 10.2 Å². The molecule has 0 aliphatic heterocycles. The summed E-state index contributed by atoms with van der Waals surface area (Å²) in [6.45, 7) is 0. The first-order chi connectivity index (χ1) is 18.0. The van der Waals surface area contributed by atoms with Crippen LogP contribution in [0.4, 0.5) is 4.39 Å². The third kappa shape index (κ3) is 5.71. The van der Waals surface area contributed by atoms with Gasteiger partial charge in [0.1, 0.15) is 17.3 Å². The fourth-order valence-corrected chi connectivity index (χ4v) is 6.68. The quantitative estimate of drug-likeness (QED) is 0.169. The lowest BCUT2D eigenvalue weighted by Crippen LogP contribution is -2.04. The Morgan fingerprint density at radius 3 is 1.65 bits per heavy atom. The molecule has 0 saturated heterocycles. The van der Waals surface area contributed by atoms with Crippen molar-refractivity contribution in [3.8, 4) is 11.5 Å². The van der Waals surface area contributed by atoms with E-state index in [4.69, 9.17) is 0 Å². The van der Waals surface area contributed by atoms with Gasteiger partial charge in [-0.2, -0.15) is 0 Å². The van der Waals surface area contributed by atoms with Crippen molar-refractivity contribution in [2.75, 3.05) is 0 Å². The minimum atomic E-state index is -0.460. The van der Waals surface area contributed by atoms with Crippen molar-refractivity contribution in [1.29, 1.82) is 0 Å². The van der Waals surface area contributed by atoms with Crippen LogP contribution in [0.1, 0.15) is 15.9 Å². The number of ketones is 1. The zero-order valence-corrected chi connectivity index (χ0v) is 21.2. The van der Waals surface area contributed by atoms with Gasteiger partial charge in [0.2, 0.25) is 0 Å². The highest BCUT2D eigenvalue weighted by Crippen LogP contribution is 2.36. The van der Waals surface area contributed by atoms with E-state index < -0.39 is 16.7 Å². The Balaban J connectivity index is 1.39. The van der Waals surface area contributed by atoms with E-state index >= 15 is 0 Å². The Kier molecular flexibility index (Phi) is 7.30. The van der Waals surface area contributed by atoms with Gasteiger partial charge in [-0.3, -0.25) is 4.79 Å². The van der Waals surface area contributed by atoms with E-state index in [1.54, 1.807) is 60.7 Å². The second kappa shape index (κ2) is 10.9. The third-order valence-electron chi connectivity index (χ3n) is 5.66. The van der Waals surface area contributed by atoms with Crippen molar-refractivity contribution in [3.05, 3.63) is 138 Å². The summed E-state index contributed by atoms with van der Waals surface area (Å²) in [5.74, 6) is -0.258. The molecule has 0 aliphatic carbocycles. The van der Waals surface area contributed by atoms with Gasteiger partial charge in [-0.15, -0.1) is 0 Å². The minimum absolute atomic E-state index is 0.197. The van der Waals surface area contributed by atoms with Crippen molar-refractivity contribution in [2.24, 2.45) is 0 Å². The van der Waals surface area contributed by atoms with Gasteiger partial charge in [-0.25, -0.2) is 4.39 Å². The monoisotopic (exact) mass is 525 g/mol. The van der Waals surface area contributed by atoms with Crippen molar-refractivity contribution < 1.29 is 19.4 Å². The average Bonchev–Trinajstić information content (AvgIpc) is 2.93. The van der Waals surface area contributed by atoms with Crippen molar-refractivity contribution in [1.82, 2.24) is 0 Å². The van der Waals surface area contributed by atoms with Gasteiger partial charge in [0, 0.05) is 20.9 Å². The first kappa shape index (κ1) is 24.7. The molecule has 0 spiro atoms. The summed E-state index contributed by atoms with van der Waals surface area (Å²) >= 11 is 1.30. The van der Waals surface area contributed by atoms with Crippen LogP contribution in [0.25, 0.3) is 0 Å². The number of halogens is 1. The van der Waals surface area contributed by atoms with Crippen LogP contribution >= 0.6 is 11.8 Å². The molecule has 0 aliphatic rings. The standard InChI is InChI=1S/C31H21FO3S2/c32-29-20-22(31(35)21-4-2-1-3-5-21)6-19-30(29)36-25-11-17-28(18-12-25)37(26-13-7-23(33)8-14-26)27-15-9-24(34)10-16-27/h1-20H,(H-,33,34)/p+1. The molecule has 37 heavy (non-hydrogen) atoms. The molecule has 3 nitrogen and oxygen atoms in total. The van der Waals surface area contributed by atoms with E-state index in [1.807, 2.05) is 54.6 Å². The predicted molar refractivity (Wildman–Crippen MR) is 145 cm³/mol. The largest absolute Gasteiger partial charge is 0.508 e. The summed E-state index contributed by atoms with van der Waals surface area (Å²) in [6, 6.07) is 35.5. The molecule has 2 N–H and O–H groups in total. The van der Waals surface area contributed by atoms with Crippen LogP contribution in [0, 0.1) is 5.82 Å². The van der Waals surface area contributed by atoms with Crippen LogP contribution in [-0.4, -0.2) is 16.0 Å². The normalized spacial score (nSPS) is 11.0. The van der Waals surface area contributed by atoms with Crippen LogP contribution in [0.5, 0.6) is 11.5 Å². The second-order valence-corrected chi connectivity index (χ2v) is 11.3. The summed E-state index contributed by atoms with van der Waals surface area (Å²) in [6.07, 6.45) is 0. The van der Waals surface area contributed by atoms with Crippen molar-refractivity contribution in [2.45, 2.75) is 24.5 Å². The summed E-state index contributed by atoms with van der Waals surface area (Å²) in [5.41, 5.74) is 0.839. The number of hydrogen-bond donors (Lipinski definition) is 2. The molecule has 6 heteroatoms. The summed E-state index contributed by atoms with van der Waals surface area (Å²) in [7, 11) is -0.460. The van der Waals surface area contributed by atoms with Crippen molar-refractivity contribution in [3.63, 3.8) is 0 Å². The van der Waals surface area contributed by atoms with Crippen molar-refractivity contribution >= 4 is 28.4 Å². The zero-order chi connectivity index (χ0) is 25.8. The molecular weight excluding hydrogens is 503 g/mol. The molecule has 5 rings (SSSR count). The minimum Gasteiger partial charge on any atom is -0.508 e. The van der Waals surface area contributed by atoms with Crippen LogP contribution in [0.3, 0.4) is 0 Å². The fraction of sp³-hybridized carbons (Fsp3) is 0. The molecule has 0 atom stereocenters. The highest BCUT2D eigenvalue weighted by atomic mass is 32.2. The topological polar surface area (TPSA) is 57.5 Å². The maximum Gasteiger partial charge on any atom is 0.193 e. The molecule has 0 bridgehead atoms. The van der Waals surface area contributed by atoms with Gasteiger partial charge in [0.25, 0.3) is 0 Å². The SMILES string of the molecule is O=C(c1ccccc1)c1ccc(Sc2ccc([S+](c3ccc(O)cc3)c3ccc(O)cc3)cc2)c(F)c1. The molecule has 5 aromatic carbocycles. The molecule has 0 radical (unpaired) electrons. The van der Waals surface area contributed by atoms with Gasteiger partial charge in [-0.1, -0.05) is 42.1 Å². The Labute approximate surface area is 221 Å².